The molecule has 662 valence electrons. The van der Waals surface area contributed by atoms with Gasteiger partial charge in [0.2, 0.25) is 70.9 Å². The van der Waals surface area contributed by atoms with Crippen LogP contribution in [-0.4, -0.2) is 334 Å². The van der Waals surface area contributed by atoms with E-state index in [9.17, 15) is 62.6 Å². The molecule has 0 aromatic rings. The van der Waals surface area contributed by atoms with Crippen LogP contribution in [0.15, 0.2) is 0 Å². The highest BCUT2D eigenvalue weighted by atomic mass is 16.5. The van der Waals surface area contributed by atoms with E-state index in [4.69, 9.17) is 61.6 Å². The van der Waals surface area contributed by atoms with Gasteiger partial charge in [0.15, 0.2) is 0 Å². The van der Waals surface area contributed by atoms with E-state index in [1.165, 1.54) is 0 Å². The molecule has 0 radical (unpaired) electrons. The van der Waals surface area contributed by atoms with Gasteiger partial charge >= 0.3 is 0 Å². The summed E-state index contributed by atoms with van der Waals surface area (Å²) < 4.78 is 69.1. The van der Waals surface area contributed by atoms with Crippen molar-refractivity contribution in [3.8, 4) is 0 Å². The lowest BCUT2D eigenvalue weighted by atomic mass is 10.0. The normalized spacial score (nSPS) is 12.2. The zero-order chi connectivity index (χ0) is 83.8. The van der Waals surface area contributed by atoms with Gasteiger partial charge in [0.25, 0.3) is 0 Å². The van der Waals surface area contributed by atoms with Crippen LogP contribution in [-0.2, 0) is 119 Å². The first-order chi connectivity index (χ1) is 55.4. The Balaban J connectivity index is 6.25. The molecule has 13 N–H and O–H groups in total. The number of aliphatic hydroxyl groups excluding tert-OH is 1. The lowest BCUT2D eigenvalue weighted by Crippen LogP contribution is -2.47. The smallest absolute Gasteiger partial charge is 0.246 e. The van der Waals surface area contributed by atoms with Crippen molar-refractivity contribution in [1.82, 2.24) is 63.8 Å². The van der Waals surface area contributed by atoms with Gasteiger partial charge in [-0.2, -0.15) is 0 Å². The molecule has 0 fully saturated rings. The van der Waals surface area contributed by atoms with Crippen molar-refractivity contribution in [2.24, 2.45) is 5.92 Å². The SMILES string of the molecule is COCCCCCNC(=O)COCCOCCNC(=O)CCC(CC(=O)NCCOCCOCC(=O)NCCCCCOC)NC(=O)CCC(CC(=O)NCCCCC(CO)COC)NC(=O)CC(CCC(=O)NCCOCCOCC(=O)NCCCCCOC)NC(=O)CNC(=O)COCCOCCNC(=O)CCCCOC. The molecule has 0 spiro atoms. The molecular weight excluding hydrogens is 1500 g/mol. The fourth-order valence-electron chi connectivity index (χ4n) is 10.6. The summed E-state index contributed by atoms with van der Waals surface area (Å²) in [5, 5.41) is 42.8. The van der Waals surface area contributed by atoms with Crippen molar-refractivity contribution in [2.75, 3.05) is 240 Å². The molecule has 4 unspecified atom stereocenters. The molecule has 114 heavy (non-hydrogen) atoms. The summed E-state index contributed by atoms with van der Waals surface area (Å²) in [6.07, 6.45) is 9.86. The molecule has 4 atom stereocenters. The minimum absolute atomic E-state index is 0.0129. The summed E-state index contributed by atoms with van der Waals surface area (Å²) in [7, 11) is 8.06. The van der Waals surface area contributed by atoms with Crippen LogP contribution >= 0.6 is 0 Å². The lowest BCUT2D eigenvalue weighted by molar-refractivity contribution is -0.130. The second kappa shape index (κ2) is 79.9. The van der Waals surface area contributed by atoms with Crippen molar-refractivity contribution in [1.29, 1.82) is 0 Å². The molecule has 0 aromatic heterocycles. The van der Waals surface area contributed by atoms with Gasteiger partial charge in [-0.1, -0.05) is 6.42 Å². The predicted molar refractivity (Wildman–Crippen MR) is 420 cm³/mol. The number of aliphatic hydroxyl groups is 1. The van der Waals surface area contributed by atoms with E-state index in [1.807, 2.05) is 0 Å². The maximum atomic E-state index is 14.2. The maximum Gasteiger partial charge on any atom is 0.246 e. The summed E-state index contributed by atoms with van der Waals surface area (Å²) in [6, 6.07) is -2.89. The molecule has 12 amide bonds. The van der Waals surface area contributed by atoms with Gasteiger partial charge in [-0.15, -0.1) is 0 Å². The number of carbonyl (C=O) groups excluding carboxylic acids is 12. The third kappa shape index (κ3) is 73.9. The largest absolute Gasteiger partial charge is 0.396 e. The van der Waals surface area contributed by atoms with Crippen LogP contribution in [0.2, 0.25) is 0 Å². The summed E-state index contributed by atoms with van der Waals surface area (Å²) >= 11 is 0. The molecule has 0 rings (SSSR count). The highest BCUT2D eigenvalue weighted by molar-refractivity contribution is 5.87. The maximum absolute atomic E-state index is 14.2. The van der Waals surface area contributed by atoms with Crippen LogP contribution in [0.5, 0.6) is 0 Å². The fraction of sp³-hybridized carbons (Fsp3) is 0.842. The molecular formula is C76H142N12O26. The Labute approximate surface area is 674 Å². The zero-order valence-electron chi connectivity index (χ0n) is 68.9. The van der Waals surface area contributed by atoms with Gasteiger partial charge in [-0.05, 0) is 103 Å². The quantitative estimate of drug-likeness (QED) is 0.0319. The van der Waals surface area contributed by atoms with Crippen molar-refractivity contribution in [3.05, 3.63) is 0 Å². The van der Waals surface area contributed by atoms with Crippen LogP contribution in [0.25, 0.3) is 0 Å². The van der Waals surface area contributed by atoms with Crippen molar-refractivity contribution < 1.29 is 124 Å². The Morgan fingerprint density at radius 1 is 0.246 bits per heavy atom. The monoisotopic (exact) mass is 1640 g/mol. The minimum atomic E-state index is -1.01. The van der Waals surface area contributed by atoms with Gasteiger partial charge in [0, 0.05) is 190 Å². The highest BCUT2D eigenvalue weighted by Gasteiger charge is 2.25. The molecule has 0 bridgehead atoms. The predicted octanol–water partition coefficient (Wildman–Crippen LogP) is -1.18. The van der Waals surface area contributed by atoms with E-state index in [0.717, 1.165) is 64.2 Å². The topological polar surface area (TPSA) is 489 Å². The number of amides is 12. The van der Waals surface area contributed by atoms with Gasteiger partial charge in [-0.25, -0.2) is 0 Å². The van der Waals surface area contributed by atoms with Gasteiger partial charge in [-0.3, -0.25) is 57.5 Å². The van der Waals surface area contributed by atoms with Crippen LogP contribution in [0, 0.1) is 5.92 Å². The summed E-state index contributed by atoms with van der Waals surface area (Å²) in [4.78, 5) is 156. The number of methoxy groups -OCH3 is 5. The van der Waals surface area contributed by atoms with Crippen molar-refractivity contribution >= 4 is 70.9 Å². The Morgan fingerprint density at radius 2 is 0.544 bits per heavy atom. The molecule has 0 saturated carbocycles. The summed E-state index contributed by atoms with van der Waals surface area (Å²) in [5.74, 6) is -5.32. The highest BCUT2D eigenvalue weighted by Crippen LogP contribution is 2.12. The van der Waals surface area contributed by atoms with E-state index < -0.39 is 85.0 Å². The fourth-order valence-corrected chi connectivity index (χ4v) is 10.6. The Hall–Kier alpha value is -6.92. The zero-order valence-corrected chi connectivity index (χ0v) is 68.9. The molecule has 0 saturated heterocycles. The summed E-state index contributed by atoms with van der Waals surface area (Å²) in [6.45, 7) is 5.44. The molecule has 0 aromatic carbocycles. The summed E-state index contributed by atoms with van der Waals surface area (Å²) in [5.41, 5.74) is 0. The Bertz CT molecular complexity index is 2500. The van der Waals surface area contributed by atoms with Gasteiger partial charge in [0.1, 0.15) is 26.4 Å². The molecule has 38 heteroatoms. The third-order valence-corrected chi connectivity index (χ3v) is 16.8. The number of unbranched alkanes of at least 4 members (excludes halogenated alkanes) is 8. The van der Waals surface area contributed by atoms with Gasteiger partial charge in [0.05, 0.1) is 92.4 Å². The molecule has 0 aliphatic carbocycles. The van der Waals surface area contributed by atoms with Crippen molar-refractivity contribution in [2.45, 2.75) is 172 Å². The van der Waals surface area contributed by atoms with E-state index in [-0.39, 0.29) is 219 Å². The van der Waals surface area contributed by atoms with Crippen molar-refractivity contribution in [3.63, 3.8) is 0 Å². The lowest BCUT2D eigenvalue weighted by Gasteiger charge is -2.23. The number of carbonyl (C=O) groups is 12. The van der Waals surface area contributed by atoms with E-state index >= 15 is 0 Å². The van der Waals surface area contributed by atoms with E-state index in [2.05, 4.69) is 63.8 Å². The molecule has 0 aliphatic heterocycles. The number of ether oxygens (including phenoxy) is 13. The number of hydrogen-bond acceptors (Lipinski definition) is 26. The third-order valence-electron chi connectivity index (χ3n) is 16.8. The Morgan fingerprint density at radius 3 is 0.921 bits per heavy atom. The standard InChI is InChI=1S/C76H142N12O26/c1-102-35-15-6-11-27-78-73(98)57-111-47-43-108-40-32-82-66(91)24-21-62(51-70(95)84-34-42-110-45-49-113-59-75(100)80-29-13-8-17-37-104-3)86-68(93)26-23-63(52-69(94)77-30-14-9-19-61(55-89)56-106-5)87-71(96)53-64(22-25-67(92)83-33-41-109-44-48-112-58-74(99)79-28-12-7-16-36-103-2)88-72(97)54-85-76(101)60-114-50-46-107-39-31-81-65(90)20-10-18-38-105-4/h61-64,89H,6-60H2,1-5H3,(H,77,94)(H,78,98)(H,79,99)(H,80,100)(H,81,90)(H,82,91)(H,83,92)(H,84,95)(H,85,101)(H,86,93)(H,87,96)(H,88,97). The van der Waals surface area contributed by atoms with E-state index in [1.54, 1.807) is 35.5 Å². The number of rotatable bonds is 83. The minimum Gasteiger partial charge on any atom is -0.396 e. The molecule has 38 nitrogen and oxygen atoms in total. The van der Waals surface area contributed by atoms with Crippen LogP contribution in [0.4, 0.5) is 0 Å². The first kappa shape index (κ1) is 107. The average Bonchev–Trinajstić information content (AvgIpc) is 0.903. The molecule has 0 aliphatic rings. The Kier molecular flexibility index (Phi) is 75.0. The van der Waals surface area contributed by atoms with Crippen LogP contribution in [0.3, 0.4) is 0 Å². The molecule has 0 heterocycles. The average molecular weight is 1640 g/mol. The van der Waals surface area contributed by atoms with Crippen LogP contribution in [0.1, 0.15) is 154 Å². The first-order valence-electron chi connectivity index (χ1n) is 40.3. The number of hydrogen-bond donors (Lipinski definition) is 13. The first-order valence-corrected chi connectivity index (χ1v) is 40.3. The second-order valence-electron chi connectivity index (χ2n) is 26.9. The van der Waals surface area contributed by atoms with Crippen LogP contribution < -0.4 is 63.8 Å². The van der Waals surface area contributed by atoms with Gasteiger partial charge < -0.3 is 130 Å². The number of nitrogens with one attached hydrogen (secondary N) is 12. The second-order valence-corrected chi connectivity index (χ2v) is 26.9. The van der Waals surface area contributed by atoms with E-state index in [0.29, 0.717) is 84.8 Å².